The summed E-state index contributed by atoms with van der Waals surface area (Å²) in [7, 11) is 0. The molecular formula is C27H23N. The number of nitrogens with zero attached hydrogens (tertiary/aromatic N) is 1. The molecule has 0 N–H and O–H groups in total. The molecule has 0 unspecified atom stereocenters. The Morgan fingerprint density at radius 3 is 1.71 bits per heavy atom. The first-order chi connectivity index (χ1) is 13.7. The maximum atomic E-state index is 2.37. The summed E-state index contributed by atoms with van der Waals surface area (Å²) in [6.45, 7) is 4.66. The summed E-state index contributed by atoms with van der Waals surface area (Å²) in [5, 5.41) is 0. The van der Waals surface area contributed by atoms with E-state index in [-0.39, 0.29) is 5.41 Å². The minimum Gasteiger partial charge on any atom is -0.310 e. The number of benzene rings is 4. The molecule has 1 heteroatoms. The molecule has 0 saturated heterocycles. The third kappa shape index (κ3) is 2.47. The Morgan fingerprint density at radius 2 is 1.07 bits per heavy atom. The van der Waals surface area contributed by atoms with Crippen molar-refractivity contribution in [1.82, 2.24) is 0 Å². The predicted molar refractivity (Wildman–Crippen MR) is 119 cm³/mol. The fourth-order valence-corrected chi connectivity index (χ4v) is 4.50. The van der Waals surface area contributed by atoms with Gasteiger partial charge in [0.1, 0.15) is 0 Å². The predicted octanol–water partition coefficient (Wildman–Crippen LogP) is 7.46. The van der Waals surface area contributed by atoms with E-state index in [1.807, 2.05) is 0 Å². The number of anilines is 3. The minimum atomic E-state index is 0.000975. The van der Waals surface area contributed by atoms with E-state index in [0.29, 0.717) is 0 Å². The Labute approximate surface area is 166 Å². The fraction of sp³-hybridized carbons (Fsp3) is 0.111. The maximum Gasteiger partial charge on any atom is 0.0543 e. The van der Waals surface area contributed by atoms with Crippen LogP contribution in [0.1, 0.15) is 25.0 Å². The van der Waals surface area contributed by atoms with Crippen molar-refractivity contribution < 1.29 is 0 Å². The summed E-state index contributed by atoms with van der Waals surface area (Å²) >= 11 is 0. The van der Waals surface area contributed by atoms with E-state index in [4.69, 9.17) is 0 Å². The van der Waals surface area contributed by atoms with Crippen molar-refractivity contribution in [3.05, 3.63) is 114 Å². The van der Waals surface area contributed by atoms with Gasteiger partial charge in [-0.3, -0.25) is 0 Å². The lowest BCUT2D eigenvalue weighted by atomic mass is 9.82. The summed E-state index contributed by atoms with van der Waals surface area (Å²) in [5.41, 5.74) is 9.05. The van der Waals surface area contributed by atoms with Crippen molar-refractivity contribution in [2.45, 2.75) is 19.3 Å². The van der Waals surface area contributed by atoms with Gasteiger partial charge in [-0.05, 0) is 47.0 Å². The molecule has 0 spiro atoms. The molecule has 0 fully saturated rings. The molecule has 136 valence electrons. The Kier molecular flexibility index (Phi) is 3.84. The first-order valence-corrected chi connectivity index (χ1v) is 9.81. The number of hydrogen-bond acceptors (Lipinski definition) is 1. The molecule has 1 aliphatic carbocycles. The molecule has 28 heavy (non-hydrogen) atoms. The zero-order valence-corrected chi connectivity index (χ0v) is 16.3. The van der Waals surface area contributed by atoms with Gasteiger partial charge in [0.05, 0.1) is 5.69 Å². The minimum absolute atomic E-state index is 0.000975. The molecule has 0 amide bonds. The van der Waals surface area contributed by atoms with Gasteiger partial charge in [0, 0.05) is 22.4 Å². The topological polar surface area (TPSA) is 3.24 Å². The molecule has 5 rings (SSSR count). The van der Waals surface area contributed by atoms with Crippen LogP contribution in [0.5, 0.6) is 0 Å². The second-order valence-corrected chi connectivity index (χ2v) is 7.88. The molecule has 4 aromatic rings. The maximum absolute atomic E-state index is 2.37. The average molecular weight is 361 g/mol. The van der Waals surface area contributed by atoms with Crippen LogP contribution < -0.4 is 4.90 Å². The standard InChI is InChI=1S/C27H23N/c1-27(2)23-17-10-9-16-22(23)26-24(27)18-11-19-25(26)28(20-12-5-3-6-13-20)21-14-7-4-8-15-21/h3-19H,1-2H3. The van der Waals surface area contributed by atoms with Crippen molar-refractivity contribution in [3.63, 3.8) is 0 Å². The monoisotopic (exact) mass is 361 g/mol. The Hall–Kier alpha value is -3.32. The summed E-state index contributed by atoms with van der Waals surface area (Å²) in [6, 6.07) is 36.8. The Balaban J connectivity index is 1.82. The SMILES string of the molecule is CC1(C)c2ccccc2-c2c(N(c3ccccc3)c3ccccc3)cccc21. The van der Waals surface area contributed by atoms with Crippen molar-refractivity contribution in [3.8, 4) is 11.1 Å². The van der Waals surface area contributed by atoms with Crippen LogP contribution in [-0.2, 0) is 5.41 Å². The highest BCUT2D eigenvalue weighted by Crippen LogP contribution is 2.53. The van der Waals surface area contributed by atoms with Gasteiger partial charge in [-0.1, -0.05) is 86.6 Å². The van der Waals surface area contributed by atoms with Gasteiger partial charge >= 0.3 is 0 Å². The van der Waals surface area contributed by atoms with E-state index < -0.39 is 0 Å². The molecule has 0 aromatic heterocycles. The second-order valence-electron chi connectivity index (χ2n) is 7.88. The smallest absolute Gasteiger partial charge is 0.0543 e. The Bertz CT molecular complexity index is 1090. The van der Waals surface area contributed by atoms with Gasteiger partial charge in [-0.15, -0.1) is 0 Å². The van der Waals surface area contributed by atoms with Gasteiger partial charge in [-0.2, -0.15) is 0 Å². The lowest BCUT2D eigenvalue weighted by Crippen LogP contribution is -2.15. The average Bonchev–Trinajstić information content (AvgIpc) is 2.98. The quantitative estimate of drug-likeness (QED) is 0.366. The highest BCUT2D eigenvalue weighted by Gasteiger charge is 2.37. The Morgan fingerprint density at radius 1 is 0.536 bits per heavy atom. The lowest BCUT2D eigenvalue weighted by Gasteiger charge is -2.28. The third-order valence-corrected chi connectivity index (χ3v) is 5.86. The molecule has 0 bridgehead atoms. The first-order valence-electron chi connectivity index (χ1n) is 9.81. The summed E-state index contributed by atoms with van der Waals surface area (Å²) in [4.78, 5) is 2.37. The van der Waals surface area contributed by atoms with E-state index in [2.05, 4.69) is 122 Å². The van der Waals surface area contributed by atoms with Crippen LogP contribution in [0, 0.1) is 0 Å². The van der Waals surface area contributed by atoms with Crippen molar-refractivity contribution in [1.29, 1.82) is 0 Å². The molecule has 0 aliphatic heterocycles. The summed E-state index contributed by atoms with van der Waals surface area (Å²) in [6.07, 6.45) is 0. The van der Waals surface area contributed by atoms with E-state index in [1.165, 1.54) is 39.3 Å². The zero-order valence-electron chi connectivity index (χ0n) is 16.3. The van der Waals surface area contributed by atoms with E-state index >= 15 is 0 Å². The largest absolute Gasteiger partial charge is 0.310 e. The van der Waals surface area contributed by atoms with Crippen molar-refractivity contribution in [2.24, 2.45) is 0 Å². The highest BCUT2D eigenvalue weighted by atomic mass is 15.1. The summed E-state index contributed by atoms with van der Waals surface area (Å²) in [5.74, 6) is 0. The van der Waals surface area contributed by atoms with Crippen LogP contribution in [0.3, 0.4) is 0 Å². The number of rotatable bonds is 3. The van der Waals surface area contributed by atoms with Crippen LogP contribution in [0.4, 0.5) is 17.1 Å². The fourth-order valence-electron chi connectivity index (χ4n) is 4.50. The highest BCUT2D eigenvalue weighted by molar-refractivity contribution is 5.94. The van der Waals surface area contributed by atoms with Crippen molar-refractivity contribution >= 4 is 17.1 Å². The molecular weight excluding hydrogens is 338 g/mol. The first kappa shape index (κ1) is 16.8. The van der Waals surface area contributed by atoms with Gasteiger partial charge < -0.3 is 4.90 Å². The van der Waals surface area contributed by atoms with Crippen LogP contribution >= 0.6 is 0 Å². The number of hydrogen-bond donors (Lipinski definition) is 0. The number of para-hydroxylation sites is 2. The lowest BCUT2D eigenvalue weighted by molar-refractivity contribution is 0.660. The van der Waals surface area contributed by atoms with Crippen molar-refractivity contribution in [2.75, 3.05) is 4.90 Å². The normalized spacial score (nSPS) is 13.6. The third-order valence-electron chi connectivity index (χ3n) is 5.86. The van der Waals surface area contributed by atoms with Gasteiger partial charge in [0.2, 0.25) is 0 Å². The van der Waals surface area contributed by atoms with Crippen LogP contribution in [0.2, 0.25) is 0 Å². The van der Waals surface area contributed by atoms with Crippen LogP contribution in [0.15, 0.2) is 103 Å². The van der Waals surface area contributed by atoms with E-state index in [1.54, 1.807) is 0 Å². The van der Waals surface area contributed by atoms with Crippen LogP contribution in [-0.4, -0.2) is 0 Å². The summed E-state index contributed by atoms with van der Waals surface area (Å²) < 4.78 is 0. The van der Waals surface area contributed by atoms with Crippen LogP contribution in [0.25, 0.3) is 11.1 Å². The molecule has 1 aliphatic rings. The second kappa shape index (κ2) is 6.38. The van der Waals surface area contributed by atoms with E-state index in [0.717, 1.165) is 0 Å². The molecule has 4 aromatic carbocycles. The molecule has 0 atom stereocenters. The van der Waals surface area contributed by atoms with Gasteiger partial charge in [-0.25, -0.2) is 0 Å². The van der Waals surface area contributed by atoms with Gasteiger partial charge in [0.25, 0.3) is 0 Å². The molecule has 0 radical (unpaired) electrons. The van der Waals surface area contributed by atoms with Gasteiger partial charge in [0.15, 0.2) is 0 Å². The molecule has 0 saturated carbocycles. The molecule has 1 nitrogen and oxygen atoms in total. The van der Waals surface area contributed by atoms with E-state index in [9.17, 15) is 0 Å². The zero-order chi connectivity index (χ0) is 19.1. The molecule has 0 heterocycles. The number of fused-ring (bicyclic) bond motifs is 3.